The highest BCUT2D eigenvalue weighted by Gasteiger charge is 2.28. The van der Waals surface area contributed by atoms with E-state index < -0.39 is 10.0 Å². The van der Waals surface area contributed by atoms with Crippen molar-refractivity contribution < 1.29 is 13.2 Å². The molecular formula is C24H31N3O3S. The van der Waals surface area contributed by atoms with Crippen LogP contribution in [0.4, 0.5) is 5.69 Å². The van der Waals surface area contributed by atoms with Gasteiger partial charge >= 0.3 is 0 Å². The highest BCUT2D eigenvalue weighted by molar-refractivity contribution is 7.89. The molecule has 0 atom stereocenters. The van der Waals surface area contributed by atoms with Gasteiger partial charge in [0.05, 0.1) is 4.90 Å². The predicted octanol–water partition coefficient (Wildman–Crippen LogP) is 3.35. The summed E-state index contributed by atoms with van der Waals surface area (Å²) in [6.07, 6.45) is 4.89. The second kappa shape index (κ2) is 9.40. The van der Waals surface area contributed by atoms with E-state index in [-0.39, 0.29) is 10.8 Å². The van der Waals surface area contributed by atoms with E-state index in [1.807, 2.05) is 6.92 Å². The topological polar surface area (TPSA) is 69.7 Å². The number of rotatable bonds is 7. The molecule has 0 unspecified atom stereocenters. The lowest BCUT2D eigenvalue weighted by atomic mass is 10.0. The number of carbonyl (C=O) groups is 1. The molecule has 1 amide bonds. The number of nitrogens with zero attached hydrogens (tertiary/aromatic N) is 2. The molecule has 166 valence electrons. The predicted molar refractivity (Wildman–Crippen MR) is 123 cm³/mol. The molecule has 2 aliphatic rings. The van der Waals surface area contributed by atoms with Crippen molar-refractivity contribution in [2.75, 3.05) is 37.6 Å². The Morgan fingerprint density at radius 2 is 1.81 bits per heavy atom. The average Bonchev–Trinajstić information content (AvgIpc) is 3.33. The maximum absolute atomic E-state index is 12.8. The zero-order valence-electron chi connectivity index (χ0n) is 18.1. The molecule has 1 N–H and O–H groups in total. The van der Waals surface area contributed by atoms with E-state index in [0.717, 1.165) is 50.8 Å². The van der Waals surface area contributed by atoms with Gasteiger partial charge in [-0.15, -0.1) is 0 Å². The number of aryl methyl sites for hydroxylation is 2. The first-order valence-electron chi connectivity index (χ1n) is 11.2. The Morgan fingerprint density at radius 3 is 2.61 bits per heavy atom. The van der Waals surface area contributed by atoms with Gasteiger partial charge in [0.2, 0.25) is 10.0 Å². The van der Waals surface area contributed by atoms with Gasteiger partial charge in [-0.3, -0.25) is 4.79 Å². The summed E-state index contributed by atoms with van der Waals surface area (Å²) in [4.78, 5) is 15.4. The van der Waals surface area contributed by atoms with Crippen molar-refractivity contribution in [1.82, 2.24) is 9.62 Å². The minimum atomic E-state index is -3.53. The summed E-state index contributed by atoms with van der Waals surface area (Å²) in [5.41, 5.74) is 3.91. The number of para-hydroxylation sites is 1. The van der Waals surface area contributed by atoms with Crippen LogP contribution in [-0.4, -0.2) is 51.4 Å². The monoisotopic (exact) mass is 441 g/mol. The van der Waals surface area contributed by atoms with E-state index >= 15 is 0 Å². The van der Waals surface area contributed by atoms with Crippen LogP contribution in [-0.2, 0) is 16.4 Å². The number of carbonyl (C=O) groups excluding carboxylic acids is 1. The summed E-state index contributed by atoms with van der Waals surface area (Å²) in [5, 5.41) is 2.98. The van der Waals surface area contributed by atoms with Gasteiger partial charge < -0.3 is 10.2 Å². The van der Waals surface area contributed by atoms with Crippen molar-refractivity contribution in [1.29, 1.82) is 0 Å². The number of hydrogen-bond donors (Lipinski definition) is 1. The number of amides is 1. The molecular weight excluding hydrogens is 410 g/mol. The standard InChI is InChI=1S/C24H31N3O3S/c1-19-11-12-21(31(29,30)27-16-4-5-17-27)18-22(19)24(28)25-13-7-15-26-14-6-9-20-8-2-3-10-23(20)26/h2-3,8,10-12,18H,4-7,9,13-17H2,1H3,(H,25,28). The van der Waals surface area contributed by atoms with E-state index in [2.05, 4.69) is 34.5 Å². The molecule has 2 aromatic carbocycles. The molecule has 0 saturated carbocycles. The minimum absolute atomic E-state index is 0.204. The second-order valence-corrected chi connectivity index (χ2v) is 10.4. The molecule has 2 aromatic rings. The van der Waals surface area contributed by atoms with Crippen molar-refractivity contribution in [2.45, 2.75) is 43.9 Å². The largest absolute Gasteiger partial charge is 0.371 e. The first-order valence-corrected chi connectivity index (χ1v) is 12.6. The van der Waals surface area contributed by atoms with Gasteiger partial charge in [-0.25, -0.2) is 8.42 Å². The summed E-state index contributed by atoms with van der Waals surface area (Å²) in [7, 11) is -3.53. The maximum Gasteiger partial charge on any atom is 0.251 e. The van der Waals surface area contributed by atoms with E-state index in [1.165, 1.54) is 21.6 Å². The quantitative estimate of drug-likeness (QED) is 0.669. The minimum Gasteiger partial charge on any atom is -0.371 e. The Hall–Kier alpha value is -2.38. The van der Waals surface area contributed by atoms with E-state index in [4.69, 9.17) is 0 Å². The molecule has 0 aliphatic carbocycles. The summed E-state index contributed by atoms with van der Waals surface area (Å²) >= 11 is 0. The Labute approximate surface area is 185 Å². The third-order valence-corrected chi connectivity index (χ3v) is 8.15. The van der Waals surface area contributed by atoms with Crippen LogP contribution in [0.15, 0.2) is 47.4 Å². The SMILES string of the molecule is Cc1ccc(S(=O)(=O)N2CCCC2)cc1C(=O)NCCCN1CCCc2ccccc21. The lowest BCUT2D eigenvalue weighted by Gasteiger charge is -2.31. The Kier molecular flexibility index (Phi) is 6.62. The molecule has 0 bridgehead atoms. The first kappa shape index (κ1) is 21.8. The number of fused-ring (bicyclic) bond motifs is 1. The van der Waals surface area contributed by atoms with Gasteiger partial charge in [0.15, 0.2) is 0 Å². The maximum atomic E-state index is 12.8. The van der Waals surface area contributed by atoms with Crippen LogP contribution < -0.4 is 10.2 Å². The molecule has 1 fully saturated rings. The van der Waals surface area contributed by atoms with Gasteiger partial charge in [0.25, 0.3) is 5.91 Å². The van der Waals surface area contributed by atoms with Crippen molar-refractivity contribution >= 4 is 21.6 Å². The van der Waals surface area contributed by atoms with Crippen LogP contribution in [0, 0.1) is 6.92 Å². The molecule has 4 rings (SSSR count). The summed E-state index contributed by atoms with van der Waals surface area (Å²) < 4.78 is 27.2. The lowest BCUT2D eigenvalue weighted by Crippen LogP contribution is -2.33. The summed E-state index contributed by atoms with van der Waals surface area (Å²) in [6.45, 7) is 5.43. The summed E-state index contributed by atoms with van der Waals surface area (Å²) in [6, 6.07) is 13.4. The number of benzene rings is 2. The number of anilines is 1. The molecule has 1 saturated heterocycles. The zero-order chi connectivity index (χ0) is 21.8. The smallest absolute Gasteiger partial charge is 0.251 e. The highest BCUT2D eigenvalue weighted by atomic mass is 32.2. The van der Waals surface area contributed by atoms with Crippen molar-refractivity contribution in [3.63, 3.8) is 0 Å². The van der Waals surface area contributed by atoms with Crippen LogP contribution in [0.5, 0.6) is 0 Å². The number of nitrogens with one attached hydrogen (secondary N) is 1. The average molecular weight is 442 g/mol. The van der Waals surface area contributed by atoms with Crippen LogP contribution in [0.2, 0.25) is 0 Å². The molecule has 0 radical (unpaired) electrons. The van der Waals surface area contributed by atoms with Crippen molar-refractivity contribution in [2.24, 2.45) is 0 Å². The lowest BCUT2D eigenvalue weighted by molar-refractivity contribution is 0.0952. The van der Waals surface area contributed by atoms with Gasteiger partial charge in [-0.1, -0.05) is 24.3 Å². The van der Waals surface area contributed by atoms with Gasteiger partial charge in [-0.05, 0) is 68.4 Å². The van der Waals surface area contributed by atoms with Crippen molar-refractivity contribution in [3.05, 3.63) is 59.2 Å². The van der Waals surface area contributed by atoms with Gasteiger partial charge in [0.1, 0.15) is 0 Å². The van der Waals surface area contributed by atoms with E-state index in [0.29, 0.717) is 25.2 Å². The second-order valence-electron chi connectivity index (χ2n) is 8.42. The molecule has 0 aromatic heterocycles. The van der Waals surface area contributed by atoms with E-state index in [9.17, 15) is 13.2 Å². The van der Waals surface area contributed by atoms with Crippen LogP contribution in [0.3, 0.4) is 0 Å². The molecule has 6 nitrogen and oxygen atoms in total. The number of hydrogen-bond acceptors (Lipinski definition) is 4. The highest BCUT2D eigenvalue weighted by Crippen LogP contribution is 2.26. The third kappa shape index (κ3) is 4.77. The van der Waals surface area contributed by atoms with Crippen molar-refractivity contribution in [3.8, 4) is 0 Å². The van der Waals surface area contributed by atoms with Crippen LogP contribution in [0.1, 0.15) is 47.2 Å². The fourth-order valence-corrected chi connectivity index (χ4v) is 6.04. The zero-order valence-corrected chi connectivity index (χ0v) is 19.0. The molecule has 0 spiro atoms. The normalized spacial score (nSPS) is 16.9. The fraction of sp³-hybridized carbons (Fsp3) is 0.458. The summed E-state index contributed by atoms with van der Waals surface area (Å²) in [5.74, 6) is -0.213. The first-order chi connectivity index (χ1) is 15.0. The molecule has 2 heterocycles. The third-order valence-electron chi connectivity index (χ3n) is 6.25. The van der Waals surface area contributed by atoms with Crippen LogP contribution >= 0.6 is 0 Å². The van der Waals surface area contributed by atoms with Gasteiger partial charge in [-0.2, -0.15) is 4.31 Å². The molecule has 31 heavy (non-hydrogen) atoms. The Balaban J connectivity index is 1.36. The fourth-order valence-electron chi connectivity index (χ4n) is 4.49. The molecule has 2 aliphatic heterocycles. The molecule has 7 heteroatoms. The van der Waals surface area contributed by atoms with Crippen LogP contribution in [0.25, 0.3) is 0 Å². The Bertz CT molecular complexity index is 1050. The number of sulfonamides is 1. The van der Waals surface area contributed by atoms with E-state index in [1.54, 1.807) is 12.1 Å². The van der Waals surface area contributed by atoms with Gasteiger partial charge in [0, 0.05) is 44.0 Å². The Morgan fingerprint density at radius 1 is 1.03 bits per heavy atom.